The minimum Gasteiger partial charge on any atom is -0.480 e. The van der Waals surface area contributed by atoms with Gasteiger partial charge in [-0.05, 0) is 13.0 Å². The summed E-state index contributed by atoms with van der Waals surface area (Å²) in [5.74, 6) is 5.77. The van der Waals surface area contributed by atoms with Gasteiger partial charge in [-0.25, -0.2) is 10.5 Å². The summed E-state index contributed by atoms with van der Waals surface area (Å²) >= 11 is 0. The molecule has 0 aliphatic heterocycles. The van der Waals surface area contributed by atoms with Crippen molar-refractivity contribution in [3.8, 4) is 5.88 Å². The minimum absolute atomic E-state index is 0.0920. The van der Waals surface area contributed by atoms with Gasteiger partial charge in [-0.2, -0.15) is 0 Å². The summed E-state index contributed by atoms with van der Waals surface area (Å²) in [6.45, 7) is 1.73. The Labute approximate surface area is 114 Å². The van der Waals surface area contributed by atoms with E-state index in [1.807, 2.05) is 5.43 Å². The lowest BCUT2D eigenvalue weighted by molar-refractivity contribution is 0.0952. The number of nitrogens with two attached hydrogens (primary N) is 1. The molecular weight excluding hydrogens is 264 g/mol. The number of ether oxygens (including phenoxy) is 1. The molecule has 2 aromatic heterocycles. The standard InChI is InChI=1S/C12H14N4O4/c1-7-9(12(18)14-13)5-8(20-7)6-16-11(17)4-3-10(15-16)19-2/h3-5H,6,13H2,1-2H3,(H,14,18). The fraction of sp³-hybridized carbons (Fsp3) is 0.250. The first kappa shape index (κ1) is 13.8. The normalized spacial score (nSPS) is 10.3. The second-order valence-electron chi connectivity index (χ2n) is 4.03. The number of methoxy groups -OCH3 is 1. The summed E-state index contributed by atoms with van der Waals surface area (Å²) in [4.78, 5) is 23.1. The average Bonchev–Trinajstić information content (AvgIpc) is 2.81. The highest BCUT2D eigenvalue weighted by Gasteiger charge is 2.15. The minimum atomic E-state index is -0.455. The van der Waals surface area contributed by atoms with Gasteiger partial charge in [0, 0.05) is 12.1 Å². The second-order valence-corrected chi connectivity index (χ2v) is 4.03. The van der Waals surface area contributed by atoms with E-state index >= 15 is 0 Å². The lowest BCUT2D eigenvalue weighted by atomic mass is 10.2. The van der Waals surface area contributed by atoms with E-state index in [0.29, 0.717) is 23.0 Å². The molecule has 0 spiro atoms. The molecule has 3 N–H and O–H groups in total. The molecule has 8 nitrogen and oxygen atoms in total. The number of rotatable bonds is 4. The van der Waals surface area contributed by atoms with Crippen molar-refractivity contribution in [2.75, 3.05) is 7.11 Å². The third kappa shape index (κ3) is 2.69. The van der Waals surface area contributed by atoms with Gasteiger partial charge in [-0.3, -0.25) is 15.0 Å². The fourth-order valence-corrected chi connectivity index (χ4v) is 1.72. The quantitative estimate of drug-likeness (QED) is 0.455. The van der Waals surface area contributed by atoms with Crippen LogP contribution in [0.2, 0.25) is 0 Å². The van der Waals surface area contributed by atoms with Crippen LogP contribution in [0, 0.1) is 6.92 Å². The third-order valence-corrected chi connectivity index (χ3v) is 2.70. The number of furan rings is 1. The van der Waals surface area contributed by atoms with Gasteiger partial charge in [0.2, 0.25) is 5.88 Å². The predicted molar refractivity (Wildman–Crippen MR) is 69.2 cm³/mol. The van der Waals surface area contributed by atoms with Crippen molar-refractivity contribution in [3.63, 3.8) is 0 Å². The zero-order chi connectivity index (χ0) is 14.7. The summed E-state index contributed by atoms with van der Waals surface area (Å²) < 4.78 is 11.5. The van der Waals surface area contributed by atoms with Crippen molar-refractivity contribution in [2.45, 2.75) is 13.5 Å². The molecule has 0 aliphatic carbocycles. The molecule has 0 aromatic carbocycles. The van der Waals surface area contributed by atoms with Gasteiger partial charge in [-0.15, -0.1) is 5.10 Å². The molecule has 106 valence electrons. The molecule has 1 amide bonds. The predicted octanol–water partition coefficient (Wildman–Crippen LogP) is -0.195. The lowest BCUT2D eigenvalue weighted by Gasteiger charge is -2.03. The van der Waals surface area contributed by atoms with E-state index < -0.39 is 5.91 Å². The highest BCUT2D eigenvalue weighted by Crippen LogP contribution is 2.15. The van der Waals surface area contributed by atoms with Gasteiger partial charge < -0.3 is 9.15 Å². The van der Waals surface area contributed by atoms with E-state index in [1.165, 1.54) is 30.0 Å². The first-order valence-corrected chi connectivity index (χ1v) is 5.77. The Balaban J connectivity index is 2.31. The van der Waals surface area contributed by atoms with Crippen LogP contribution in [-0.2, 0) is 6.54 Å². The van der Waals surface area contributed by atoms with Crippen molar-refractivity contribution in [3.05, 3.63) is 45.6 Å². The Kier molecular flexibility index (Phi) is 3.85. The maximum absolute atomic E-state index is 11.7. The number of carbonyl (C=O) groups excluding carboxylic acids is 1. The lowest BCUT2D eigenvalue weighted by Crippen LogP contribution is -2.30. The molecule has 8 heteroatoms. The topological polar surface area (TPSA) is 112 Å². The number of nitrogens with one attached hydrogen (secondary N) is 1. The zero-order valence-electron chi connectivity index (χ0n) is 11.0. The van der Waals surface area contributed by atoms with Crippen LogP contribution in [0.5, 0.6) is 5.88 Å². The Morgan fingerprint density at radius 2 is 2.30 bits per heavy atom. The molecule has 0 fully saturated rings. The first-order chi connectivity index (χ1) is 9.55. The molecule has 0 bridgehead atoms. The molecule has 2 rings (SSSR count). The first-order valence-electron chi connectivity index (χ1n) is 5.77. The van der Waals surface area contributed by atoms with E-state index in [-0.39, 0.29) is 12.1 Å². The summed E-state index contributed by atoms with van der Waals surface area (Å²) in [5, 5.41) is 3.99. The number of hydrazine groups is 1. The van der Waals surface area contributed by atoms with Crippen LogP contribution in [0.3, 0.4) is 0 Å². The molecule has 0 unspecified atom stereocenters. The Hall–Kier alpha value is -2.61. The van der Waals surface area contributed by atoms with Gasteiger partial charge in [0.05, 0.1) is 12.7 Å². The number of hydrogen-bond acceptors (Lipinski definition) is 6. The Morgan fingerprint density at radius 3 is 2.95 bits per heavy atom. The number of hydrogen-bond donors (Lipinski definition) is 2. The van der Waals surface area contributed by atoms with Crippen molar-refractivity contribution in [2.24, 2.45) is 5.84 Å². The fourth-order valence-electron chi connectivity index (χ4n) is 1.72. The molecule has 20 heavy (non-hydrogen) atoms. The maximum Gasteiger partial charge on any atom is 0.268 e. The van der Waals surface area contributed by atoms with Gasteiger partial charge in [-0.1, -0.05) is 0 Å². The van der Waals surface area contributed by atoms with Crippen molar-refractivity contribution in [1.82, 2.24) is 15.2 Å². The van der Waals surface area contributed by atoms with Crippen LogP contribution >= 0.6 is 0 Å². The Morgan fingerprint density at radius 1 is 1.55 bits per heavy atom. The monoisotopic (exact) mass is 278 g/mol. The summed E-state index contributed by atoms with van der Waals surface area (Å²) in [5.41, 5.74) is 2.04. The van der Waals surface area contributed by atoms with Crippen molar-refractivity contribution < 1.29 is 13.9 Å². The molecule has 0 aliphatic rings. The molecule has 2 aromatic rings. The SMILES string of the molecule is COc1ccc(=O)n(Cc2cc(C(=O)NN)c(C)o2)n1. The van der Waals surface area contributed by atoms with Crippen LogP contribution in [0.15, 0.2) is 27.4 Å². The van der Waals surface area contributed by atoms with Crippen LogP contribution in [0.4, 0.5) is 0 Å². The second kappa shape index (κ2) is 5.57. The number of carbonyl (C=O) groups is 1. The third-order valence-electron chi connectivity index (χ3n) is 2.70. The largest absolute Gasteiger partial charge is 0.480 e. The summed E-state index contributed by atoms with van der Waals surface area (Å²) in [6, 6.07) is 4.33. The van der Waals surface area contributed by atoms with Gasteiger partial charge in [0.15, 0.2) is 0 Å². The van der Waals surface area contributed by atoms with E-state index in [1.54, 1.807) is 6.92 Å². The summed E-state index contributed by atoms with van der Waals surface area (Å²) in [7, 11) is 1.46. The van der Waals surface area contributed by atoms with Crippen molar-refractivity contribution >= 4 is 5.91 Å². The van der Waals surface area contributed by atoms with E-state index in [0.717, 1.165) is 0 Å². The number of aryl methyl sites for hydroxylation is 1. The average molecular weight is 278 g/mol. The molecule has 2 heterocycles. The number of amides is 1. The molecule has 0 atom stereocenters. The van der Waals surface area contributed by atoms with Crippen molar-refractivity contribution in [1.29, 1.82) is 0 Å². The maximum atomic E-state index is 11.7. The van der Waals surface area contributed by atoms with Crippen LogP contribution in [0.25, 0.3) is 0 Å². The van der Waals surface area contributed by atoms with Crippen LogP contribution < -0.4 is 21.6 Å². The van der Waals surface area contributed by atoms with E-state index in [2.05, 4.69) is 5.10 Å². The summed E-state index contributed by atoms with van der Waals surface area (Å²) in [6.07, 6.45) is 0. The van der Waals surface area contributed by atoms with Gasteiger partial charge >= 0.3 is 0 Å². The molecule has 0 saturated carbocycles. The van der Waals surface area contributed by atoms with E-state index in [4.69, 9.17) is 15.0 Å². The molecular formula is C12H14N4O4. The van der Waals surface area contributed by atoms with Gasteiger partial charge in [0.1, 0.15) is 18.1 Å². The Bertz CT molecular complexity index is 689. The zero-order valence-corrected chi connectivity index (χ0v) is 11.0. The molecule has 0 saturated heterocycles. The number of nitrogens with zero attached hydrogens (tertiary/aromatic N) is 2. The van der Waals surface area contributed by atoms with Gasteiger partial charge in [0.25, 0.3) is 11.5 Å². The smallest absolute Gasteiger partial charge is 0.268 e. The highest BCUT2D eigenvalue weighted by atomic mass is 16.5. The number of nitrogen functional groups attached to an aromatic ring is 1. The van der Waals surface area contributed by atoms with Crippen LogP contribution in [0.1, 0.15) is 21.9 Å². The highest BCUT2D eigenvalue weighted by molar-refractivity contribution is 5.94. The van der Waals surface area contributed by atoms with E-state index in [9.17, 15) is 9.59 Å². The van der Waals surface area contributed by atoms with Crippen LogP contribution in [-0.4, -0.2) is 22.8 Å². The number of aromatic nitrogens is 2. The molecule has 0 radical (unpaired) electrons.